The average molecular weight is 233 g/mol. The summed E-state index contributed by atoms with van der Waals surface area (Å²) in [5.74, 6) is 0. The van der Waals surface area contributed by atoms with Gasteiger partial charge in [0.1, 0.15) is 5.03 Å². The van der Waals surface area contributed by atoms with Crippen LogP contribution < -0.4 is 0 Å². The van der Waals surface area contributed by atoms with Gasteiger partial charge < -0.3 is 4.74 Å². The number of rotatable bonds is 5. The Bertz CT molecular complexity index is 240. The summed E-state index contributed by atoms with van der Waals surface area (Å²) in [6, 6.07) is 4.00. The maximum atomic E-state index is 5.25. The maximum Gasteiger partial charge on any atom is 0.107 e. The van der Waals surface area contributed by atoms with Gasteiger partial charge in [-0.3, -0.25) is 0 Å². The van der Waals surface area contributed by atoms with Crippen LogP contribution in [0.4, 0.5) is 0 Å². The van der Waals surface area contributed by atoms with Crippen molar-refractivity contribution < 1.29 is 4.74 Å². The van der Waals surface area contributed by atoms with E-state index in [1.165, 1.54) is 20.6 Å². The van der Waals surface area contributed by atoms with Crippen molar-refractivity contribution in [1.82, 2.24) is 4.98 Å². The van der Waals surface area contributed by atoms with E-state index in [0.717, 1.165) is 17.2 Å². The van der Waals surface area contributed by atoms with Crippen LogP contribution in [0.25, 0.3) is 0 Å². The van der Waals surface area contributed by atoms with Crippen molar-refractivity contribution in [1.29, 1.82) is 0 Å². The van der Waals surface area contributed by atoms with Gasteiger partial charge in [0.05, 0.1) is 6.61 Å². The topological polar surface area (TPSA) is 22.1 Å². The lowest BCUT2D eigenvalue weighted by Crippen LogP contribution is -1.92. The van der Waals surface area contributed by atoms with Crippen molar-refractivity contribution in [2.45, 2.75) is 18.6 Å². The molecule has 0 N–H and O–H groups in total. The molecule has 1 aromatic rings. The number of aromatic nitrogens is 1. The van der Waals surface area contributed by atoms with Crippen molar-refractivity contribution >= 4 is 32.3 Å². The zero-order valence-electron chi connectivity index (χ0n) is 7.27. The first-order valence-corrected chi connectivity index (χ1v) is 7.07. The highest BCUT2D eigenvalue weighted by Gasteiger charge is 1.96. The van der Waals surface area contributed by atoms with Crippen LogP contribution >= 0.6 is 32.3 Å². The van der Waals surface area contributed by atoms with E-state index < -0.39 is 0 Å². The van der Waals surface area contributed by atoms with Crippen molar-refractivity contribution in [3.05, 3.63) is 23.9 Å². The summed E-state index contributed by atoms with van der Waals surface area (Å²) in [5, 5.41) is 0.972. The van der Waals surface area contributed by atoms with Crippen molar-refractivity contribution in [2.24, 2.45) is 0 Å². The lowest BCUT2D eigenvalue weighted by Gasteiger charge is -2.01. The fourth-order valence-electron chi connectivity index (χ4n) is 0.804. The Balaban J connectivity index is 2.48. The van der Waals surface area contributed by atoms with E-state index in [1.807, 2.05) is 25.3 Å². The van der Waals surface area contributed by atoms with Gasteiger partial charge in [0.2, 0.25) is 0 Å². The molecule has 0 aliphatic heterocycles. The van der Waals surface area contributed by atoms with Gasteiger partial charge in [-0.05, 0) is 39.2 Å². The number of hydrogen-bond donors (Lipinski definition) is 1. The summed E-state index contributed by atoms with van der Waals surface area (Å²) in [6.45, 7) is 3.36. The monoisotopic (exact) mass is 233 g/mol. The van der Waals surface area contributed by atoms with Crippen LogP contribution in [-0.4, -0.2) is 11.6 Å². The highest BCUT2D eigenvalue weighted by atomic mass is 33.5. The van der Waals surface area contributed by atoms with E-state index in [1.54, 1.807) is 0 Å². The highest BCUT2D eigenvalue weighted by Crippen LogP contribution is 2.31. The molecule has 0 aliphatic carbocycles. The summed E-state index contributed by atoms with van der Waals surface area (Å²) in [6.07, 6.45) is 1.84. The van der Waals surface area contributed by atoms with Gasteiger partial charge in [-0.2, -0.15) is 0 Å². The van der Waals surface area contributed by atoms with E-state index in [-0.39, 0.29) is 0 Å². The zero-order valence-corrected chi connectivity index (χ0v) is 9.79. The third-order valence-corrected chi connectivity index (χ3v) is 3.29. The average Bonchev–Trinajstić information content (AvgIpc) is 2.17. The molecule has 0 radical (unpaired) electrons. The van der Waals surface area contributed by atoms with Gasteiger partial charge in [-0.25, -0.2) is 4.98 Å². The third-order valence-electron chi connectivity index (χ3n) is 1.39. The highest BCUT2D eigenvalue weighted by molar-refractivity contribution is 9.05. The van der Waals surface area contributed by atoms with Crippen LogP contribution in [0, 0.1) is 0 Å². The molecule has 1 aromatic heterocycles. The molecule has 13 heavy (non-hydrogen) atoms. The smallest absolute Gasteiger partial charge is 0.107 e. The van der Waals surface area contributed by atoms with Gasteiger partial charge in [-0.1, -0.05) is 17.7 Å². The third kappa shape index (κ3) is 4.26. The molecule has 0 saturated carbocycles. The summed E-state index contributed by atoms with van der Waals surface area (Å²) < 4.78 is 5.25. The largest absolute Gasteiger partial charge is 0.377 e. The summed E-state index contributed by atoms with van der Waals surface area (Å²) in [7, 11) is 2.93. The normalized spacial score (nSPS) is 10.3. The standard InChI is InChI=1S/C8H11NOS3/c1-2-10-6-7-3-4-8(9-5-7)12-13-11/h3-5,11H,2,6H2,1H3. The molecule has 0 saturated heterocycles. The van der Waals surface area contributed by atoms with Crippen LogP contribution in [0.5, 0.6) is 0 Å². The number of pyridine rings is 1. The molecule has 1 heterocycles. The van der Waals surface area contributed by atoms with Crippen LogP contribution in [0.15, 0.2) is 23.4 Å². The quantitative estimate of drug-likeness (QED) is 0.623. The molecular weight excluding hydrogens is 222 g/mol. The first kappa shape index (κ1) is 11.2. The molecule has 0 bridgehead atoms. The number of hydrogen-bond acceptors (Lipinski definition) is 5. The Labute approximate surface area is 91.1 Å². The second-order valence-corrected chi connectivity index (χ2v) is 5.32. The first-order chi connectivity index (χ1) is 6.36. The van der Waals surface area contributed by atoms with E-state index in [2.05, 4.69) is 16.6 Å². The molecular formula is C8H11NOS3. The molecule has 72 valence electrons. The second-order valence-electron chi connectivity index (χ2n) is 2.30. The molecule has 0 fully saturated rings. The van der Waals surface area contributed by atoms with Gasteiger partial charge in [0, 0.05) is 12.8 Å². The number of ether oxygens (including phenoxy) is 1. The van der Waals surface area contributed by atoms with Gasteiger partial charge in [0.15, 0.2) is 0 Å². The maximum absolute atomic E-state index is 5.25. The SMILES string of the molecule is CCOCc1ccc(SSS)nc1. The van der Waals surface area contributed by atoms with Crippen LogP contribution in [0.3, 0.4) is 0 Å². The minimum Gasteiger partial charge on any atom is -0.377 e. The van der Waals surface area contributed by atoms with Gasteiger partial charge >= 0.3 is 0 Å². The Morgan fingerprint density at radius 2 is 2.38 bits per heavy atom. The minimum absolute atomic E-state index is 0.641. The molecule has 1 rings (SSSR count). The molecule has 0 atom stereocenters. The summed E-state index contributed by atoms with van der Waals surface area (Å²) in [4.78, 5) is 4.23. The Kier molecular flexibility index (Phi) is 5.70. The zero-order chi connectivity index (χ0) is 9.52. The van der Waals surface area contributed by atoms with Crippen molar-refractivity contribution in [3.8, 4) is 0 Å². The minimum atomic E-state index is 0.641. The van der Waals surface area contributed by atoms with Crippen LogP contribution in [0.1, 0.15) is 12.5 Å². The molecule has 0 unspecified atom stereocenters. The van der Waals surface area contributed by atoms with Crippen molar-refractivity contribution in [3.63, 3.8) is 0 Å². The van der Waals surface area contributed by atoms with Gasteiger partial charge in [-0.15, -0.1) is 0 Å². The lowest BCUT2D eigenvalue weighted by molar-refractivity contribution is 0.134. The van der Waals surface area contributed by atoms with E-state index in [4.69, 9.17) is 4.74 Å². The molecule has 0 aliphatic rings. The van der Waals surface area contributed by atoms with Crippen LogP contribution in [-0.2, 0) is 11.3 Å². The van der Waals surface area contributed by atoms with Gasteiger partial charge in [0.25, 0.3) is 0 Å². The fraction of sp³-hybridized carbons (Fsp3) is 0.375. The van der Waals surface area contributed by atoms with E-state index >= 15 is 0 Å². The van der Waals surface area contributed by atoms with E-state index in [0.29, 0.717) is 6.61 Å². The summed E-state index contributed by atoms with van der Waals surface area (Å²) in [5.41, 5.74) is 1.11. The number of nitrogens with zero attached hydrogens (tertiary/aromatic N) is 1. The Morgan fingerprint density at radius 1 is 1.54 bits per heavy atom. The Morgan fingerprint density at radius 3 is 2.92 bits per heavy atom. The molecule has 0 aromatic carbocycles. The Hall–Kier alpha value is 0.160. The molecule has 0 spiro atoms. The second kappa shape index (κ2) is 6.59. The molecule has 0 amide bonds. The molecule has 2 nitrogen and oxygen atoms in total. The van der Waals surface area contributed by atoms with E-state index in [9.17, 15) is 0 Å². The predicted molar refractivity (Wildman–Crippen MR) is 62.0 cm³/mol. The number of thiol groups is 1. The predicted octanol–water partition coefficient (Wildman–Crippen LogP) is 3.20. The first-order valence-electron chi connectivity index (χ1n) is 3.87. The fourth-order valence-corrected chi connectivity index (χ4v) is 2.31. The lowest BCUT2D eigenvalue weighted by atomic mass is 10.3. The van der Waals surface area contributed by atoms with Crippen LogP contribution in [0.2, 0.25) is 0 Å². The molecule has 5 heteroatoms. The van der Waals surface area contributed by atoms with Crippen molar-refractivity contribution in [2.75, 3.05) is 6.61 Å². The summed E-state index contributed by atoms with van der Waals surface area (Å²) >= 11 is 4.03.